The number of hydrogen-bond donors (Lipinski definition) is 1. The quantitative estimate of drug-likeness (QED) is 0.675. The first-order chi connectivity index (χ1) is 12.6. The molecule has 0 radical (unpaired) electrons. The van der Waals surface area contributed by atoms with E-state index >= 15 is 0 Å². The van der Waals surface area contributed by atoms with Gasteiger partial charge in [-0.2, -0.15) is 0 Å². The highest BCUT2D eigenvalue weighted by atomic mass is 32.2. The molecule has 134 valence electrons. The lowest BCUT2D eigenvalue weighted by atomic mass is 10.2. The Hall–Kier alpha value is -2.80. The Kier molecular flexibility index (Phi) is 5.58. The van der Waals surface area contributed by atoms with Gasteiger partial charge in [-0.05, 0) is 18.2 Å². The maximum Gasteiger partial charge on any atom is 0.283 e. The van der Waals surface area contributed by atoms with E-state index in [9.17, 15) is 9.59 Å². The van der Waals surface area contributed by atoms with Crippen molar-refractivity contribution in [2.24, 2.45) is 7.05 Å². The van der Waals surface area contributed by atoms with Crippen molar-refractivity contribution in [3.8, 4) is 5.75 Å². The fourth-order valence-corrected chi connectivity index (χ4v) is 3.37. The summed E-state index contributed by atoms with van der Waals surface area (Å²) in [5, 5.41) is 3.16. The van der Waals surface area contributed by atoms with Gasteiger partial charge in [0, 0.05) is 19.2 Å². The smallest absolute Gasteiger partial charge is 0.283 e. The summed E-state index contributed by atoms with van der Waals surface area (Å²) in [5.41, 5.74) is 2.19. The minimum absolute atomic E-state index is 0.121. The number of amides is 1. The molecule has 0 aliphatic rings. The summed E-state index contributed by atoms with van der Waals surface area (Å²) in [4.78, 5) is 28.9. The number of benzene rings is 2. The van der Waals surface area contributed by atoms with Gasteiger partial charge in [-0.25, -0.2) is 4.98 Å². The summed E-state index contributed by atoms with van der Waals surface area (Å²) in [5.74, 6) is 0.680. The second kappa shape index (κ2) is 8.05. The molecule has 0 unspecified atom stereocenters. The molecule has 1 aromatic heterocycles. The molecule has 0 fully saturated rings. The van der Waals surface area contributed by atoms with Crippen LogP contribution in [0.25, 0.3) is 11.0 Å². The van der Waals surface area contributed by atoms with Gasteiger partial charge in [0.25, 0.3) is 5.56 Å². The fraction of sp³-hybridized carbons (Fsp3) is 0.211. The van der Waals surface area contributed by atoms with E-state index in [-0.39, 0.29) is 17.2 Å². The van der Waals surface area contributed by atoms with Gasteiger partial charge < -0.3 is 14.6 Å². The maximum atomic E-state index is 12.4. The highest BCUT2D eigenvalue weighted by molar-refractivity contribution is 7.99. The first-order valence-electron chi connectivity index (χ1n) is 8.07. The van der Waals surface area contributed by atoms with Gasteiger partial charge in [0.05, 0.1) is 23.9 Å². The van der Waals surface area contributed by atoms with Gasteiger partial charge in [0.1, 0.15) is 5.75 Å². The topological polar surface area (TPSA) is 73.2 Å². The lowest BCUT2D eigenvalue weighted by Gasteiger charge is -2.10. The van der Waals surface area contributed by atoms with Crippen LogP contribution in [0.2, 0.25) is 0 Å². The third kappa shape index (κ3) is 3.88. The zero-order chi connectivity index (χ0) is 18.5. The van der Waals surface area contributed by atoms with Crippen LogP contribution < -0.4 is 15.6 Å². The van der Waals surface area contributed by atoms with Crippen LogP contribution in [0.3, 0.4) is 0 Å². The number of carbonyl (C=O) groups is 1. The second-order valence-corrected chi connectivity index (χ2v) is 6.61. The number of thioether (sulfide) groups is 1. The monoisotopic (exact) mass is 369 g/mol. The van der Waals surface area contributed by atoms with Crippen LogP contribution in [0.1, 0.15) is 5.56 Å². The van der Waals surface area contributed by atoms with Gasteiger partial charge in [0.2, 0.25) is 5.91 Å². The van der Waals surface area contributed by atoms with E-state index in [2.05, 4.69) is 10.3 Å². The highest BCUT2D eigenvalue weighted by Crippen LogP contribution is 2.18. The number of nitrogens with zero attached hydrogens (tertiary/aromatic N) is 2. The number of ether oxygens (including phenoxy) is 1. The molecule has 3 rings (SSSR count). The van der Waals surface area contributed by atoms with Crippen LogP contribution in [0.15, 0.2) is 58.4 Å². The predicted molar refractivity (Wildman–Crippen MR) is 103 cm³/mol. The maximum absolute atomic E-state index is 12.4. The van der Waals surface area contributed by atoms with E-state index in [1.165, 1.54) is 0 Å². The fourth-order valence-electron chi connectivity index (χ4n) is 2.57. The number of hydrogen-bond acceptors (Lipinski definition) is 5. The number of methoxy groups -OCH3 is 1. The first-order valence-corrected chi connectivity index (χ1v) is 9.06. The van der Waals surface area contributed by atoms with E-state index in [4.69, 9.17) is 4.74 Å². The van der Waals surface area contributed by atoms with Gasteiger partial charge in [-0.3, -0.25) is 9.59 Å². The molecule has 6 nitrogen and oxygen atoms in total. The molecule has 0 atom stereocenters. The van der Waals surface area contributed by atoms with Crippen LogP contribution in [-0.4, -0.2) is 28.3 Å². The molecule has 0 saturated heterocycles. The van der Waals surface area contributed by atoms with Gasteiger partial charge in [-0.15, -0.1) is 0 Å². The predicted octanol–water partition coefficient (Wildman–Crippen LogP) is 2.35. The van der Waals surface area contributed by atoms with E-state index in [0.29, 0.717) is 11.6 Å². The standard InChI is InChI=1S/C19H19N3O3S/c1-22-15-9-5-4-8-14(15)21-18(19(22)24)26-12-17(23)20-11-13-7-3-6-10-16(13)25-2/h3-10H,11-12H2,1-2H3,(H,20,23). The first kappa shape index (κ1) is 18.0. The molecule has 1 N–H and O–H groups in total. The van der Waals surface area contributed by atoms with Gasteiger partial charge in [-0.1, -0.05) is 42.1 Å². The average Bonchev–Trinajstić information content (AvgIpc) is 2.68. The van der Waals surface area contributed by atoms with Crippen LogP contribution in [0.5, 0.6) is 5.75 Å². The number of para-hydroxylation sites is 3. The minimum Gasteiger partial charge on any atom is -0.496 e. The van der Waals surface area contributed by atoms with Crippen molar-refractivity contribution in [1.82, 2.24) is 14.9 Å². The van der Waals surface area contributed by atoms with Crippen molar-refractivity contribution in [1.29, 1.82) is 0 Å². The summed E-state index contributed by atoms with van der Waals surface area (Å²) in [7, 11) is 3.30. The molecule has 26 heavy (non-hydrogen) atoms. The Morgan fingerprint density at radius 1 is 1.19 bits per heavy atom. The summed E-state index contributed by atoms with van der Waals surface area (Å²) in [6, 6.07) is 14.9. The summed E-state index contributed by atoms with van der Waals surface area (Å²) < 4.78 is 6.82. The molecule has 0 saturated carbocycles. The molecule has 0 bridgehead atoms. The van der Waals surface area contributed by atoms with E-state index < -0.39 is 0 Å². The zero-order valence-electron chi connectivity index (χ0n) is 14.6. The number of carbonyl (C=O) groups excluding carboxylic acids is 1. The van der Waals surface area contributed by atoms with Crippen molar-refractivity contribution >= 4 is 28.7 Å². The molecule has 7 heteroatoms. The van der Waals surface area contributed by atoms with Crippen molar-refractivity contribution in [3.63, 3.8) is 0 Å². The average molecular weight is 369 g/mol. The summed E-state index contributed by atoms with van der Waals surface area (Å²) >= 11 is 1.14. The normalized spacial score (nSPS) is 10.7. The van der Waals surface area contributed by atoms with Gasteiger partial charge >= 0.3 is 0 Å². The molecule has 1 heterocycles. The Morgan fingerprint density at radius 2 is 1.92 bits per heavy atom. The van der Waals surface area contributed by atoms with E-state index in [0.717, 1.165) is 34.1 Å². The zero-order valence-corrected chi connectivity index (χ0v) is 15.4. The largest absolute Gasteiger partial charge is 0.496 e. The molecule has 0 spiro atoms. The number of aryl methyl sites for hydroxylation is 1. The Balaban J connectivity index is 1.65. The number of aromatic nitrogens is 2. The van der Waals surface area contributed by atoms with Crippen molar-refractivity contribution in [3.05, 3.63) is 64.4 Å². The van der Waals surface area contributed by atoms with Crippen LogP contribution >= 0.6 is 11.8 Å². The lowest BCUT2D eigenvalue weighted by molar-refractivity contribution is -0.118. The SMILES string of the molecule is COc1ccccc1CNC(=O)CSc1nc2ccccc2n(C)c1=O. The van der Waals surface area contributed by atoms with Crippen molar-refractivity contribution in [2.45, 2.75) is 11.6 Å². The lowest BCUT2D eigenvalue weighted by Crippen LogP contribution is -2.26. The molecular weight excluding hydrogens is 350 g/mol. The number of nitrogens with one attached hydrogen (secondary N) is 1. The molecule has 1 amide bonds. The molecule has 3 aromatic rings. The summed E-state index contributed by atoms with van der Waals surface area (Å²) in [6.45, 7) is 0.368. The van der Waals surface area contributed by atoms with Crippen LogP contribution in [-0.2, 0) is 18.4 Å². The van der Waals surface area contributed by atoms with Gasteiger partial charge in [0.15, 0.2) is 5.03 Å². The third-order valence-electron chi connectivity index (χ3n) is 3.96. The van der Waals surface area contributed by atoms with Crippen molar-refractivity contribution < 1.29 is 9.53 Å². The molecular formula is C19H19N3O3S. The Bertz CT molecular complexity index is 1000. The molecule has 0 aliphatic heterocycles. The van der Waals surface area contributed by atoms with Crippen LogP contribution in [0.4, 0.5) is 0 Å². The van der Waals surface area contributed by atoms with Crippen molar-refractivity contribution in [2.75, 3.05) is 12.9 Å². The third-order valence-corrected chi connectivity index (χ3v) is 4.91. The Labute approximate surface area is 155 Å². The van der Waals surface area contributed by atoms with Crippen LogP contribution in [0, 0.1) is 0 Å². The second-order valence-electron chi connectivity index (χ2n) is 5.65. The summed E-state index contributed by atoms with van der Waals surface area (Å²) in [6.07, 6.45) is 0. The molecule has 2 aromatic carbocycles. The molecule has 0 aliphatic carbocycles. The van der Waals surface area contributed by atoms with E-state index in [1.54, 1.807) is 18.7 Å². The number of rotatable bonds is 6. The van der Waals surface area contributed by atoms with E-state index in [1.807, 2.05) is 48.5 Å². The number of fused-ring (bicyclic) bond motifs is 1. The highest BCUT2D eigenvalue weighted by Gasteiger charge is 2.11. The minimum atomic E-state index is -0.203. The Morgan fingerprint density at radius 3 is 2.73 bits per heavy atom.